The van der Waals surface area contributed by atoms with Crippen molar-refractivity contribution < 1.29 is 0 Å². The van der Waals surface area contributed by atoms with E-state index in [4.69, 9.17) is 6.42 Å². The molecule has 1 rings (SSSR count). The number of likely N-dealkylation sites (tertiary alicyclic amines) is 1. The number of hydrogen-bond donors (Lipinski definition) is 1. The van der Waals surface area contributed by atoms with Crippen LogP contribution in [0.3, 0.4) is 0 Å². The first-order valence-electron chi connectivity index (χ1n) is 5.10. The van der Waals surface area contributed by atoms with Gasteiger partial charge in [0.25, 0.3) is 0 Å². The van der Waals surface area contributed by atoms with Crippen LogP contribution in [0.25, 0.3) is 0 Å². The number of hydrogen-bond acceptors (Lipinski definition) is 2. The summed E-state index contributed by atoms with van der Waals surface area (Å²) >= 11 is 0. The average molecular weight is 180 g/mol. The van der Waals surface area contributed by atoms with E-state index in [0.29, 0.717) is 6.54 Å². The van der Waals surface area contributed by atoms with Crippen molar-refractivity contribution in [1.82, 2.24) is 10.2 Å². The van der Waals surface area contributed by atoms with Gasteiger partial charge >= 0.3 is 0 Å². The summed E-state index contributed by atoms with van der Waals surface area (Å²) in [6, 6.07) is 0. The molecule has 0 aromatic heterocycles. The van der Waals surface area contributed by atoms with Gasteiger partial charge in [-0.1, -0.05) is 19.8 Å². The first-order valence-corrected chi connectivity index (χ1v) is 5.10. The summed E-state index contributed by atoms with van der Waals surface area (Å²) in [6.07, 6.45) is 5.14. The Labute approximate surface area is 81.7 Å². The van der Waals surface area contributed by atoms with Crippen LogP contribution in [0.5, 0.6) is 0 Å². The molecular weight excluding hydrogens is 160 g/mol. The molecule has 2 unspecified atom stereocenters. The fourth-order valence-electron chi connectivity index (χ4n) is 1.83. The number of terminal acetylenes is 1. The van der Waals surface area contributed by atoms with E-state index in [0.717, 1.165) is 24.9 Å². The van der Waals surface area contributed by atoms with Crippen molar-refractivity contribution in [2.75, 3.05) is 32.7 Å². The molecule has 0 spiro atoms. The Kier molecular flexibility index (Phi) is 4.27. The van der Waals surface area contributed by atoms with E-state index in [1.165, 1.54) is 13.1 Å². The first kappa shape index (κ1) is 10.6. The Hall–Kier alpha value is -0.520. The van der Waals surface area contributed by atoms with Crippen LogP contribution in [0, 0.1) is 24.2 Å². The van der Waals surface area contributed by atoms with Crippen molar-refractivity contribution in [2.24, 2.45) is 11.8 Å². The predicted molar refractivity (Wildman–Crippen MR) is 56.5 cm³/mol. The molecule has 0 amide bonds. The van der Waals surface area contributed by atoms with Crippen LogP contribution in [0.4, 0.5) is 0 Å². The summed E-state index contributed by atoms with van der Waals surface area (Å²) in [5.41, 5.74) is 0. The van der Waals surface area contributed by atoms with Gasteiger partial charge in [-0.05, 0) is 11.8 Å². The number of nitrogens with one attached hydrogen (secondary N) is 1. The van der Waals surface area contributed by atoms with Crippen LogP contribution in [-0.2, 0) is 0 Å². The molecule has 74 valence electrons. The summed E-state index contributed by atoms with van der Waals surface area (Å²) < 4.78 is 0. The van der Waals surface area contributed by atoms with Crippen molar-refractivity contribution in [3.63, 3.8) is 0 Å². The Bertz CT molecular complexity index is 173. The highest BCUT2D eigenvalue weighted by Gasteiger charge is 2.24. The molecule has 1 aliphatic heterocycles. The Morgan fingerprint density at radius 1 is 1.38 bits per heavy atom. The van der Waals surface area contributed by atoms with Crippen molar-refractivity contribution in [3.05, 3.63) is 0 Å². The number of rotatable bonds is 4. The average Bonchev–Trinajstić information content (AvgIpc) is 2.41. The van der Waals surface area contributed by atoms with E-state index < -0.39 is 0 Å². The maximum absolute atomic E-state index is 5.14. The molecule has 1 aliphatic rings. The normalized spacial score (nSPS) is 29.0. The minimum absolute atomic E-state index is 0.693. The van der Waals surface area contributed by atoms with Gasteiger partial charge in [-0.2, -0.15) is 0 Å². The molecule has 0 aromatic carbocycles. The van der Waals surface area contributed by atoms with Crippen LogP contribution in [0.15, 0.2) is 0 Å². The summed E-state index contributed by atoms with van der Waals surface area (Å²) in [5.74, 6) is 4.29. The second-order valence-electron chi connectivity index (χ2n) is 4.10. The van der Waals surface area contributed by atoms with Gasteiger partial charge in [-0.25, -0.2) is 0 Å². The molecule has 13 heavy (non-hydrogen) atoms. The molecule has 0 radical (unpaired) electrons. The van der Waals surface area contributed by atoms with Crippen molar-refractivity contribution >= 4 is 0 Å². The summed E-state index contributed by atoms with van der Waals surface area (Å²) in [6.45, 7) is 10.0. The molecule has 1 saturated heterocycles. The highest BCUT2D eigenvalue weighted by atomic mass is 15.2. The molecule has 1 fully saturated rings. The lowest BCUT2D eigenvalue weighted by atomic mass is 10.0. The zero-order valence-corrected chi connectivity index (χ0v) is 8.71. The lowest BCUT2D eigenvalue weighted by Crippen LogP contribution is -2.30. The van der Waals surface area contributed by atoms with Crippen molar-refractivity contribution in [1.29, 1.82) is 0 Å². The monoisotopic (exact) mass is 180 g/mol. The summed E-state index contributed by atoms with van der Waals surface area (Å²) in [5, 5.41) is 3.21. The van der Waals surface area contributed by atoms with Gasteiger partial charge in [-0.3, -0.25) is 0 Å². The fraction of sp³-hybridized carbons (Fsp3) is 0.818. The first-order chi connectivity index (χ1) is 6.24. The largest absolute Gasteiger partial charge is 0.305 e. The Balaban J connectivity index is 2.07. The summed E-state index contributed by atoms with van der Waals surface area (Å²) in [7, 11) is 0. The van der Waals surface area contributed by atoms with Crippen molar-refractivity contribution in [2.45, 2.75) is 13.8 Å². The molecule has 0 aromatic rings. The van der Waals surface area contributed by atoms with Crippen LogP contribution in [0.1, 0.15) is 13.8 Å². The van der Waals surface area contributed by atoms with Crippen molar-refractivity contribution in [3.8, 4) is 12.3 Å². The van der Waals surface area contributed by atoms with E-state index in [-0.39, 0.29) is 0 Å². The number of nitrogens with zero attached hydrogens (tertiary/aromatic N) is 1. The maximum atomic E-state index is 5.14. The van der Waals surface area contributed by atoms with E-state index in [1.807, 2.05) is 0 Å². The second-order valence-corrected chi connectivity index (χ2v) is 4.10. The third-order valence-corrected chi connectivity index (χ3v) is 2.90. The lowest BCUT2D eigenvalue weighted by molar-refractivity contribution is 0.324. The molecule has 0 saturated carbocycles. The van der Waals surface area contributed by atoms with E-state index in [2.05, 4.69) is 30.0 Å². The third-order valence-electron chi connectivity index (χ3n) is 2.90. The van der Waals surface area contributed by atoms with Gasteiger partial charge in [0, 0.05) is 26.2 Å². The Morgan fingerprint density at radius 2 is 2.00 bits per heavy atom. The van der Waals surface area contributed by atoms with Gasteiger partial charge in [0.2, 0.25) is 0 Å². The van der Waals surface area contributed by atoms with Gasteiger partial charge in [-0.15, -0.1) is 6.42 Å². The van der Waals surface area contributed by atoms with Crippen LogP contribution < -0.4 is 5.32 Å². The topological polar surface area (TPSA) is 15.3 Å². The third kappa shape index (κ3) is 3.38. The minimum atomic E-state index is 0.693. The second kappa shape index (κ2) is 5.26. The highest BCUT2D eigenvalue weighted by molar-refractivity contribution is 4.86. The predicted octanol–water partition coefficient (Wildman–Crippen LogP) is 0.797. The van der Waals surface area contributed by atoms with Crippen LogP contribution in [0.2, 0.25) is 0 Å². The van der Waals surface area contributed by atoms with E-state index in [1.54, 1.807) is 0 Å². The molecule has 2 atom stereocenters. The maximum Gasteiger partial charge on any atom is 0.0574 e. The van der Waals surface area contributed by atoms with E-state index >= 15 is 0 Å². The van der Waals surface area contributed by atoms with Gasteiger partial charge in [0.15, 0.2) is 0 Å². The molecule has 2 heteroatoms. The fourth-order valence-corrected chi connectivity index (χ4v) is 1.83. The molecule has 0 bridgehead atoms. The quantitative estimate of drug-likeness (QED) is 0.508. The highest BCUT2D eigenvalue weighted by Crippen LogP contribution is 2.21. The zero-order valence-electron chi connectivity index (χ0n) is 8.71. The van der Waals surface area contributed by atoms with Gasteiger partial charge in [0.05, 0.1) is 6.54 Å². The summed E-state index contributed by atoms with van der Waals surface area (Å²) in [4.78, 5) is 2.51. The smallest absolute Gasteiger partial charge is 0.0574 e. The van der Waals surface area contributed by atoms with Crippen LogP contribution >= 0.6 is 0 Å². The molecule has 2 nitrogen and oxygen atoms in total. The standard InChI is InChI=1S/C11H20N2/c1-4-5-12-6-7-13-8-10(2)11(3)9-13/h1,10-12H,5-9H2,2-3H3. The molecule has 0 aliphatic carbocycles. The van der Waals surface area contributed by atoms with E-state index in [9.17, 15) is 0 Å². The van der Waals surface area contributed by atoms with Crippen LogP contribution in [-0.4, -0.2) is 37.6 Å². The Morgan fingerprint density at radius 3 is 2.54 bits per heavy atom. The SMILES string of the molecule is C#CCNCCN1CC(C)C(C)C1. The molecular formula is C11H20N2. The zero-order chi connectivity index (χ0) is 9.68. The van der Waals surface area contributed by atoms with Gasteiger partial charge in [0.1, 0.15) is 0 Å². The minimum Gasteiger partial charge on any atom is -0.305 e. The molecule has 1 N–H and O–H groups in total. The van der Waals surface area contributed by atoms with Gasteiger partial charge < -0.3 is 10.2 Å². The molecule has 1 heterocycles. The lowest BCUT2D eigenvalue weighted by Gasteiger charge is -2.14.